The van der Waals surface area contributed by atoms with Crippen molar-refractivity contribution in [2.24, 2.45) is 0 Å². The Morgan fingerprint density at radius 1 is 1.46 bits per heavy atom. The Morgan fingerprint density at radius 3 is 2.54 bits per heavy atom. The van der Waals surface area contributed by atoms with Gasteiger partial charge < -0.3 is 0 Å². The molecule has 1 rings (SSSR count). The number of hydrogen-bond acceptors (Lipinski definition) is 2. The molecule has 0 aromatic carbocycles. The van der Waals surface area contributed by atoms with Gasteiger partial charge in [0, 0.05) is 11.6 Å². The van der Waals surface area contributed by atoms with Crippen molar-refractivity contribution < 1.29 is 18.1 Å². The molecule has 1 aliphatic rings. The third-order valence-corrected chi connectivity index (χ3v) is 1.52. The van der Waals surface area contributed by atoms with Crippen LogP contribution in [0.3, 0.4) is 0 Å². The van der Waals surface area contributed by atoms with E-state index < -0.39 is 22.4 Å². The van der Waals surface area contributed by atoms with Gasteiger partial charge in [0.2, 0.25) is 0 Å². The number of allylic oxidation sites excluding steroid dienone is 3. The lowest BCUT2D eigenvalue weighted by Crippen LogP contribution is -2.15. The molecule has 0 amide bonds. The molecule has 0 unspecified atom stereocenters. The molecular formula is C7H5F3NO2. The number of alkyl halides is 3. The maximum Gasteiger partial charge on any atom is 0.412 e. The van der Waals surface area contributed by atoms with Gasteiger partial charge in [0.05, 0.1) is 4.92 Å². The van der Waals surface area contributed by atoms with Crippen LogP contribution in [0.25, 0.3) is 0 Å². The Bertz CT molecular complexity index is 291. The predicted molar refractivity (Wildman–Crippen MR) is 38.1 cm³/mol. The predicted octanol–water partition coefficient (Wildman–Crippen LogP) is 2.24. The molecule has 0 N–H and O–H groups in total. The zero-order valence-corrected chi connectivity index (χ0v) is 6.34. The minimum Gasteiger partial charge on any atom is -0.258 e. The number of rotatable bonds is 1. The van der Waals surface area contributed by atoms with Crippen LogP contribution < -0.4 is 0 Å². The molecule has 1 radical (unpaired) electrons. The second kappa shape index (κ2) is 3.20. The molecule has 0 aliphatic heterocycles. The average Bonchev–Trinajstić information content (AvgIpc) is 2.03. The monoisotopic (exact) mass is 192 g/mol. The van der Waals surface area contributed by atoms with Crippen LogP contribution in [0.4, 0.5) is 13.2 Å². The van der Waals surface area contributed by atoms with Crippen LogP contribution in [-0.2, 0) is 0 Å². The Hall–Kier alpha value is -1.33. The SMILES string of the molecule is O=[N+]([O-])C1=C[CH]CC(C(F)(F)F)=C1. The summed E-state index contributed by atoms with van der Waals surface area (Å²) < 4.78 is 36.1. The summed E-state index contributed by atoms with van der Waals surface area (Å²) in [6.45, 7) is 0. The van der Waals surface area contributed by atoms with Crippen molar-refractivity contribution in [2.75, 3.05) is 0 Å². The largest absolute Gasteiger partial charge is 0.412 e. The minimum absolute atomic E-state index is 0.305. The average molecular weight is 192 g/mol. The molecule has 0 aromatic rings. The molecule has 0 saturated carbocycles. The van der Waals surface area contributed by atoms with Crippen LogP contribution in [-0.4, -0.2) is 11.1 Å². The summed E-state index contributed by atoms with van der Waals surface area (Å²) in [4.78, 5) is 9.29. The van der Waals surface area contributed by atoms with E-state index in [1.807, 2.05) is 0 Å². The first-order valence-electron chi connectivity index (χ1n) is 3.37. The Kier molecular flexibility index (Phi) is 2.40. The van der Waals surface area contributed by atoms with Crippen molar-refractivity contribution in [3.05, 3.63) is 40.0 Å². The second-order valence-corrected chi connectivity index (χ2v) is 2.46. The van der Waals surface area contributed by atoms with Crippen molar-refractivity contribution in [3.8, 4) is 0 Å². The van der Waals surface area contributed by atoms with E-state index in [2.05, 4.69) is 0 Å². The van der Waals surface area contributed by atoms with E-state index in [1.54, 1.807) is 0 Å². The standard InChI is InChI=1S/C7H5F3NO2/c8-7(9,10)5-2-1-3-6(4-5)11(12)13/h1,3-4H,2H2. The van der Waals surface area contributed by atoms with Crippen molar-refractivity contribution >= 4 is 0 Å². The molecule has 13 heavy (non-hydrogen) atoms. The summed E-state index contributed by atoms with van der Waals surface area (Å²) >= 11 is 0. The van der Waals surface area contributed by atoms with E-state index in [-0.39, 0.29) is 6.42 Å². The second-order valence-electron chi connectivity index (χ2n) is 2.46. The van der Waals surface area contributed by atoms with Gasteiger partial charge in [-0.3, -0.25) is 10.1 Å². The third kappa shape index (κ3) is 2.30. The fourth-order valence-corrected chi connectivity index (χ4v) is 0.903. The quantitative estimate of drug-likeness (QED) is 0.472. The highest BCUT2D eigenvalue weighted by Crippen LogP contribution is 2.32. The molecule has 0 spiro atoms. The first kappa shape index (κ1) is 9.76. The lowest BCUT2D eigenvalue weighted by atomic mass is 10.0. The van der Waals surface area contributed by atoms with E-state index >= 15 is 0 Å². The van der Waals surface area contributed by atoms with Gasteiger partial charge in [-0.1, -0.05) is 0 Å². The highest BCUT2D eigenvalue weighted by atomic mass is 19.4. The highest BCUT2D eigenvalue weighted by Gasteiger charge is 2.35. The molecule has 0 saturated heterocycles. The van der Waals surface area contributed by atoms with Crippen LogP contribution in [0.1, 0.15) is 6.42 Å². The van der Waals surface area contributed by atoms with E-state index in [9.17, 15) is 23.3 Å². The molecule has 1 aliphatic carbocycles. The van der Waals surface area contributed by atoms with E-state index in [4.69, 9.17) is 0 Å². The van der Waals surface area contributed by atoms with Gasteiger partial charge in [0.25, 0.3) is 5.70 Å². The maximum absolute atomic E-state index is 12.0. The molecule has 0 heterocycles. The zero-order valence-electron chi connectivity index (χ0n) is 6.34. The Labute approximate surface area is 71.7 Å². The lowest BCUT2D eigenvalue weighted by molar-refractivity contribution is -0.419. The van der Waals surface area contributed by atoms with Gasteiger partial charge in [0.15, 0.2) is 0 Å². The van der Waals surface area contributed by atoms with Crippen LogP contribution in [0.5, 0.6) is 0 Å². The summed E-state index contributed by atoms with van der Waals surface area (Å²) in [5, 5.41) is 10.1. The lowest BCUT2D eigenvalue weighted by Gasteiger charge is -2.12. The van der Waals surface area contributed by atoms with Crippen molar-refractivity contribution in [2.45, 2.75) is 12.6 Å². The fourth-order valence-electron chi connectivity index (χ4n) is 0.903. The first-order valence-corrected chi connectivity index (χ1v) is 3.37. The molecule has 0 atom stereocenters. The van der Waals surface area contributed by atoms with Gasteiger partial charge in [-0.15, -0.1) is 0 Å². The summed E-state index contributed by atoms with van der Waals surface area (Å²) in [5.41, 5.74) is -1.42. The van der Waals surface area contributed by atoms with Crippen LogP contribution in [0.15, 0.2) is 23.4 Å². The summed E-state index contributed by atoms with van der Waals surface area (Å²) in [5.74, 6) is 0. The normalized spacial score (nSPS) is 17.8. The third-order valence-electron chi connectivity index (χ3n) is 1.52. The van der Waals surface area contributed by atoms with Gasteiger partial charge in [-0.25, -0.2) is 0 Å². The minimum atomic E-state index is -4.48. The topological polar surface area (TPSA) is 43.1 Å². The number of nitrogens with zero attached hydrogens (tertiary/aromatic N) is 1. The Morgan fingerprint density at radius 2 is 2.08 bits per heavy atom. The van der Waals surface area contributed by atoms with Crippen LogP contribution in [0, 0.1) is 16.5 Å². The van der Waals surface area contributed by atoms with Crippen molar-refractivity contribution in [1.82, 2.24) is 0 Å². The summed E-state index contributed by atoms with van der Waals surface area (Å²) in [6, 6.07) is 0. The zero-order chi connectivity index (χ0) is 10.1. The van der Waals surface area contributed by atoms with E-state index in [0.717, 1.165) is 12.5 Å². The Balaban J connectivity index is 2.91. The number of hydrogen-bond donors (Lipinski definition) is 0. The molecule has 6 heteroatoms. The van der Waals surface area contributed by atoms with Gasteiger partial charge in [-0.2, -0.15) is 13.2 Å². The number of halogens is 3. The summed E-state index contributed by atoms with van der Waals surface area (Å²) in [6.07, 6.45) is -2.04. The smallest absolute Gasteiger partial charge is 0.258 e. The van der Waals surface area contributed by atoms with Crippen molar-refractivity contribution in [3.63, 3.8) is 0 Å². The maximum atomic E-state index is 12.0. The summed E-state index contributed by atoms with van der Waals surface area (Å²) in [7, 11) is 0. The molecule has 3 nitrogen and oxygen atoms in total. The molecule has 71 valence electrons. The fraction of sp³-hybridized carbons (Fsp3) is 0.286. The molecule has 0 aromatic heterocycles. The first-order chi connectivity index (χ1) is 5.91. The van der Waals surface area contributed by atoms with Gasteiger partial charge >= 0.3 is 6.18 Å². The van der Waals surface area contributed by atoms with Crippen LogP contribution >= 0.6 is 0 Å². The van der Waals surface area contributed by atoms with Crippen LogP contribution in [0.2, 0.25) is 0 Å². The highest BCUT2D eigenvalue weighted by molar-refractivity contribution is 5.30. The number of nitro groups is 1. The van der Waals surface area contributed by atoms with Crippen molar-refractivity contribution in [1.29, 1.82) is 0 Å². The molecular weight excluding hydrogens is 187 g/mol. The van der Waals surface area contributed by atoms with Gasteiger partial charge in [0.1, 0.15) is 0 Å². The molecule has 0 bridgehead atoms. The molecule has 0 fully saturated rings. The van der Waals surface area contributed by atoms with Gasteiger partial charge in [-0.05, 0) is 18.9 Å². The van der Waals surface area contributed by atoms with E-state index in [0.29, 0.717) is 6.08 Å². The van der Waals surface area contributed by atoms with E-state index in [1.165, 1.54) is 0 Å².